The molecule has 9 nitrogen and oxygen atoms in total. The molecule has 2 fully saturated rings. The molecule has 36 heavy (non-hydrogen) atoms. The van der Waals surface area contributed by atoms with Gasteiger partial charge >= 0.3 is 0 Å². The molecule has 0 bridgehead atoms. The standard InChI is InChI=1S/C27H35N5O4/c1-27(2)35-25-21(15-24(33)31-12-10-18-16-32-20-8-4-3-7-19(18)20)34-22(26(25)36-27)17-28-13-14-30-23-9-5-6-11-29-23/h3-9,11,16,21-22,25-26,28,32H,10,12-15,17H2,1-2H3,(H,29,30)(H,31,33)/t21-,22+,25+,26-/m1/s1. The van der Waals surface area contributed by atoms with Crippen molar-refractivity contribution < 1.29 is 19.0 Å². The molecule has 192 valence electrons. The first-order valence-electron chi connectivity index (χ1n) is 12.7. The molecule has 2 aliphatic rings. The van der Waals surface area contributed by atoms with Crippen LogP contribution in [0, 0.1) is 0 Å². The van der Waals surface area contributed by atoms with Gasteiger partial charge in [0, 0.05) is 49.5 Å². The second-order valence-corrected chi connectivity index (χ2v) is 9.79. The van der Waals surface area contributed by atoms with Crippen molar-refractivity contribution in [3.05, 3.63) is 60.4 Å². The van der Waals surface area contributed by atoms with Crippen molar-refractivity contribution in [2.24, 2.45) is 0 Å². The molecule has 1 amide bonds. The van der Waals surface area contributed by atoms with Crippen LogP contribution in [0.15, 0.2) is 54.9 Å². The van der Waals surface area contributed by atoms with E-state index in [1.165, 1.54) is 10.9 Å². The van der Waals surface area contributed by atoms with Crippen molar-refractivity contribution in [2.45, 2.75) is 56.9 Å². The van der Waals surface area contributed by atoms with Gasteiger partial charge in [-0.2, -0.15) is 0 Å². The summed E-state index contributed by atoms with van der Waals surface area (Å²) in [5.74, 6) is 0.115. The van der Waals surface area contributed by atoms with Gasteiger partial charge in [0.15, 0.2) is 5.79 Å². The van der Waals surface area contributed by atoms with Crippen molar-refractivity contribution in [3.63, 3.8) is 0 Å². The summed E-state index contributed by atoms with van der Waals surface area (Å²) < 4.78 is 18.5. The number of hydrogen-bond donors (Lipinski definition) is 4. The van der Waals surface area contributed by atoms with Crippen LogP contribution in [0.4, 0.5) is 5.82 Å². The van der Waals surface area contributed by atoms with Gasteiger partial charge in [-0.1, -0.05) is 24.3 Å². The highest BCUT2D eigenvalue weighted by atomic mass is 16.8. The smallest absolute Gasteiger partial charge is 0.222 e. The molecule has 9 heteroatoms. The summed E-state index contributed by atoms with van der Waals surface area (Å²) in [7, 11) is 0. The Kier molecular flexibility index (Phi) is 7.52. The Morgan fingerprint density at radius 2 is 1.83 bits per heavy atom. The van der Waals surface area contributed by atoms with Gasteiger partial charge in [-0.15, -0.1) is 0 Å². The highest BCUT2D eigenvalue weighted by molar-refractivity contribution is 5.83. The number of aromatic nitrogens is 2. The number of H-pyrrole nitrogens is 1. The lowest BCUT2D eigenvalue weighted by atomic mass is 10.1. The third-order valence-corrected chi connectivity index (χ3v) is 6.64. The highest BCUT2D eigenvalue weighted by Gasteiger charge is 2.55. The number of anilines is 1. The van der Waals surface area contributed by atoms with Crippen LogP contribution < -0.4 is 16.0 Å². The van der Waals surface area contributed by atoms with Gasteiger partial charge in [-0.3, -0.25) is 4.79 Å². The van der Waals surface area contributed by atoms with Crippen molar-refractivity contribution in [2.75, 3.05) is 31.5 Å². The zero-order chi connectivity index (χ0) is 25.0. The van der Waals surface area contributed by atoms with Crippen LogP contribution in [0.5, 0.6) is 0 Å². The Morgan fingerprint density at radius 1 is 1.03 bits per heavy atom. The third kappa shape index (κ3) is 5.87. The Bertz CT molecular complexity index is 1150. The zero-order valence-electron chi connectivity index (χ0n) is 20.8. The van der Waals surface area contributed by atoms with Gasteiger partial charge in [0.1, 0.15) is 18.0 Å². The molecule has 4 heterocycles. The predicted octanol–water partition coefficient (Wildman–Crippen LogP) is 2.60. The summed E-state index contributed by atoms with van der Waals surface area (Å²) in [6, 6.07) is 14.0. The van der Waals surface area contributed by atoms with E-state index in [4.69, 9.17) is 14.2 Å². The summed E-state index contributed by atoms with van der Waals surface area (Å²) in [5.41, 5.74) is 2.30. The molecule has 2 aromatic heterocycles. The molecule has 4 atom stereocenters. The monoisotopic (exact) mass is 493 g/mol. The Morgan fingerprint density at radius 3 is 2.67 bits per heavy atom. The van der Waals surface area contributed by atoms with E-state index in [-0.39, 0.29) is 36.7 Å². The van der Waals surface area contributed by atoms with E-state index in [1.54, 1.807) is 6.20 Å². The molecule has 2 aliphatic heterocycles. The average Bonchev–Trinajstić information content (AvgIpc) is 3.51. The fourth-order valence-corrected chi connectivity index (χ4v) is 5.02. The van der Waals surface area contributed by atoms with Crippen LogP contribution in [0.25, 0.3) is 10.9 Å². The van der Waals surface area contributed by atoms with Gasteiger partial charge in [-0.05, 0) is 44.0 Å². The van der Waals surface area contributed by atoms with Crippen LogP contribution in [0.2, 0.25) is 0 Å². The number of amides is 1. The van der Waals surface area contributed by atoms with Gasteiger partial charge in [-0.25, -0.2) is 4.98 Å². The van der Waals surface area contributed by atoms with Crippen molar-refractivity contribution in [3.8, 4) is 0 Å². The van der Waals surface area contributed by atoms with Crippen LogP contribution in [-0.4, -0.2) is 72.3 Å². The highest BCUT2D eigenvalue weighted by Crippen LogP contribution is 2.39. The fraction of sp³-hybridized carbons (Fsp3) is 0.481. The number of pyridine rings is 1. The quantitative estimate of drug-likeness (QED) is 0.304. The predicted molar refractivity (Wildman–Crippen MR) is 138 cm³/mol. The van der Waals surface area contributed by atoms with Crippen molar-refractivity contribution >= 4 is 22.6 Å². The lowest BCUT2D eigenvalue weighted by molar-refractivity contribution is -0.187. The maximum absolute atomic E-state index is 12.8. The summed E-state index contributed by atoms with van der Waals surface area (Å²) in [5, 5.41) is 10.9. The van der Waals surface area contributed by atoms with E-state index in [0.29, 0.717) is 13.1 Å². The minimum atomic E-state index is -0.692. The molecule has 0 saturated carbocycles. The zero-order valence-corrected chi connectivity index (χ0v) is 20.8. The maximum Gasteiger partial charge on any atom is 0.222 e. The molecule has 0 spiro atoms. The van der Waals surface area contributed by atoms with E-state index >= 15 is 0 Å². The molecule has 0 aliphatic carbocycles. The minimum Gasteiger partial charge on any atom is -0.369 e. The number of hydrogen-bond acceptors (Lipinski definition) is 7. The summed E-state index contributed by atoms with van der Waals surface area (Å²) >= 11 is 0. The SMILES string of the molecule is CC1(C)O[C@@H]2[C@H](O1)[C@H](CNCCNc1ccccn1)O[C@@H]2CC(=O)NCCc1c[nH]c2ccccc12. The number of benzene rings is 1. The maximum atomic E-state index is 12.8. The average molecular weight is 494 g/mol. The molecule has 2 saturated heterocycles. The van der Waals surface area contributed by atoms with E-state index in [1.807, 2.05) is 50.4 Å². The number of rotatable bonds is 11. The first kappa shape index (κ1) is 24.7. The molecule has 3 aromatic rings. The van der Waals surface area contributed by atoms with Crippen LogP contribution in [-0.2, 0) is 25.4 Å². The van der Waals surface area contributed by atoms with Crippen molar-refractivity contribution in [1.29, 1.82) is 0 Å². The number of aromatic amines is 1. The fourth-order valence-electron chi connectivity index (χ4n) is 5.02. The second kappa shape index (κ2) is 11.0. The number of carbonyl (C=O) groups excluding carboxylic acids is 1. The molecular formula is C27H35N5O4. The number of carbonyl (C=O) groups is 1. The lowest BCUT2D eigenvalue weighted by Crippen LogP contribution is -2.39. The second-order valence-electron chi connectivity index (χ2n) is 9.79. The number of nitrogens with one attached hydrogen (secondary N) is 4. The summed E-state index contributed by atoms with van der Waals surface area (Å²) in [4.78, 5) is 20.3. The van der Waals surface area contributed by atoms with E-state index in [9.17, 15) is 4.79 Å². The lowest BCUT2D eigenvalue weighted by Gasteiger charge is -2.24. The van der Waals surface area contributed by atoms with Crippen LogP contribution in [0.1, 0.15) is 25.8 Å². The van der Waals surface area contributed by atoms with Gasteiger partial charge in [0.25, 0.3) is 0 Å². The molecule has 1 aromatic carbocycles. The number of para-hydroxylation sites is 1. The Labute approximate surface area is 211 Å². The van der Waals surface area contributed by atoms with Gasteiger partial charge < -0.3 is 35.1 Å². The number of nitrogens with zero attached hydrogens (tertiary/aromatic N) is 1. The Hall–Kier alpha value is -2.98. The van der Waals surface area contributed by atoms with E-state index in [2.05, 4.69) is 38.1 Å². The third-order valence-electron chi connectivity index (χ3n) is 6.64. The number of fused-ring (bicyclic) bond motifs is 2. The molecule has 0 unspecified atom stereocenters. The van der Waals surface area contributed by atoms with Gasteiger partial charge in [0.2, 0.25) is 5.91 Å². The molecular weight excluding hydrogens is 458 g/mol. The first-order chi connectivity index (χ1) is 17.5. The minimum absolute atomic E-state index is 0.0416. The number of ether oxygens (including phenoxy) is 3. The van der Waals surface area contributed by atoms with Crippen LogP contribution >= 0.6 is 0 Å². The molecule has 4 N–H and O–H groups in total. The topological polar surface area (TPSA) is 110 Å². The van der Waals surface area contributed by atoms with Gasteiger partial charge in [0.05, 0.1) is 18.6 Å². The van der Waals surface area contributed by atoms with Crippen LogP contribution in [0.3, 0.4) is 0 Å². The van der Waals surface area contributed by atoms with Crippen molar-refractivity contribution in [1.82, 2.24) is 20.6 Å². The van der Waals surface area contributed by atoms with E-state index < -0.39 is 5.79 Å². The molecule has 0 radical (unpaired) electrons. The first-order valence-corrected chi connectivity index (χ1v) is 12.7. The largest absolute Gasteiger partial charge is 0.369 e. The normalized spacial score (nSPS) is 24.6. The summed E-state index contributed by atoms with van der Waals surface area (Å²) in [6.07, 6.45) is 3.78. The molecule has 5 rings (SSSR count). The summed E-state index contributed by atoms with van der Waals surface area (Å²) in [6.45, 7) is 6.48. The van der Waals surface area contributed by atoms with E-state index in [0.717, 1.165) is 30.8 Å². The Balaban J connectivity index is 1.08.